The Bertz CT molecular complexity index is 2280. The molecule has 6 atom stereocenters. The Morgan fingerprint density at radius 2 is 1.00 bits per heavy atom. The number of anilines is 1. The number of imidazole rings is 2. The van der Waals surface area contributed by atoms with Gasteiger partial charge in [0.05, 0.1) is 62.2 Å². The maximum Gasteiger partial charge on any atom is 0.407 e. The molecule has 15 heteroatoms. The molecule has 0 radical (unpaired) electrons. The molecule has 3 aromatic carbocycles. The first-order chi connectivity index (χ1) is 31.4. The van der Waals surface area contributed by atoms with Crippen molar-refractivity contribution in [1.82, 2.24) is 40.4 Å². The van der Waals surface area contributed by atoms with Crippen LogP contribution in [0.25, 0.3) is 22.5 Å². The molecule has 3 fully saturated rings. The van der Waals surface area contributed by atoms with Gasteiger partial charge in [-0.1, -0.05) is 94.4 Å². The van der Waals surface area contributed by atoms with Crippen LogP contribution in [0.3, 0.4) is 0 Å². The highest BCUT2D eigenvalue weighted by molar-refractivity contribution is 5.87. The van der Waals surface area contributed by atoms with Crippen LogP contribution >= 0.6 is 0 Å². The summed E-state index contributed by atoms with van der Waals surface area (Å²) in [6, 6.07) is 26.6. The predicted molar refractivity (Wildman–Crippen MR) is 247 cm³/mol. The monoisotopic (exact) mass is 883 g/mol. The van der Waals surface area contributed by atoms with Crippen LogP contribution in [0.4, 0.5) is 15.3 Å². The number of aromatic amines is 2. The summed E-state index contributed by atoms with van der Waals surface area (Å²) in [5.41, 5.74) is 7.41. The summed E-state index contributed by atoms with van der Waals surface area (Å²) in [7, 11) is 2.60. The molecule has 5 heterocycles. The first-order valence-corrected chi connectivity index (χ1v) is 22.9. The lowest BCUT2D eigenvalue weighted by Crippen LogP contribution is -2.51. The normalized spacial score (nSPS) is 20.6. The van der Waals surface area contributed by atoms with E-state index in [-0.39, 0.29) is 47.8 Å². The van der Waals surface area contributed by atoms with Crippen molar-refractivity contribution >= 4 is 29.7 Å². The Kier molecular flexibility index (Phi) is 13.6. The zero-order chi connectivity index (χ0) is 45.8. The largest absolute Gasteiger partial charge is 0.453 e. The average Bonchev–Trinajstić information content (AvgIpc) is 4.19. The lowest BCUT2D eigenvalue weighted by atomic mass is 10.0. The Morgan fingerprint density at radius 3 is 1.38 bits per heavy atom. The minimum absolute atomic E-state index is 0.108. The number of methoxy groups -OCH3 is 2. The Morgan fingerprint density at radius 1 is 0.585 bits per heavy atom. The number of carbonyl (C=O) groups excluding carboxylic acids is 4. The van der Waals surface area contributed by atoms with Gasteiger partial charge >= 0.3 is 12.2 Å². The third kappa shape index (κ3) is 9.45. The number of rotatable bonds is 13. The maximum atomic E-state index is 13.7. The molecule has 342 valence electrons. The fraction of sp³-hybridized carbons (Fsp3) is 0.440. The van der Waals surface area contributed by atoms with Crippen LogP contribution < -0.4 is 15.5 Å². The first-order valence-electron chi connectivity index (χ1n) is 22.9. The lowest BCUT2D eigenvalue weighted by Gasteiger charge is -2.33. The number of H-pyrrole nitrogens is 2. The van der Waals surface area contributed by atoms with Gasteiger partial charge in [-0.05, 0) is 84.7 Å². The van der Waals surface area contributed by atoms with Gasteiger partial charge in [-0.25, -0.2) is 19.6 Å². The number of benzene rings is 3. The van der Waals surface area contributed by atoms with Crippen molar-refractivity contribution < 1.29 is 28.7 Å². The molecule has 8 rings (SSSR count). The molecule has 65 heavy (non-hydrogen) atoms. The van der Waals surface area contributed by atoms with Gasteiger partial charge in [0.15, 0.2) is 0 Å². The fourth-order valence-corrected chi connectivity index (χ4v) is 9.89. The van der Waals surface area contributed by atoms with Crippen molar-refractivity contribution in [3.8, 4) is 22.5 Å². The van der Waals surface area contributed by atoms with Crippen LogP contribution in [-0.4, -0.2) is 93.1 Å². The number of alkyl carbamates (subject to hydrolysis) is 2. The SMILES string of the molecule is COC(=O)NC(C(=O)N1CCCC1c1ncc(-c2ccc(C3CC[C@H](c4ccc(-c5cnc([C@@H]6CCCN6C(=O)[C@@H](NC(=O)OC)C(C)C)[nH]5)cc4)N3c3ccccc3)cc2)[nH]1)C(C)C. The van der Waals surface area contributed by atoms with Crippen LogP contribution in [0, 0.1) is 11.8 Å². The molecule has 0 saturated carbocycles. The standard InChI is InChI=1S/C50H61N9O6/c1-30(2)43(55-49(62)64-5)47(60)57-26-10-14-41(57)45-51-28-37(53-45)32-16-20-34(21-17-32)39-24-25-40(59(39)36-12-8-7-9-13-36)35-22-18-33(19-23-35)38-29-52-46(54-38)42-15-11-27-58(42)48(61)44(31(3)4)56-50(63)65-6/h7-9,12-13,16-23,28-31,39-44H,10-11,14-15,24-27H2,1-6H3,(H,51,53)(H,52,54)(H,55,62)(H,56,63)/t39-,40?,41+,42?,43+,44?/m1/s1. The number of likely N-dealkylation sites (tertiary alicyclic amines) is 2. The van der Waals surface area contributed by atoms with E-state index in [0.717, 1.165) is 72.7 Å². The summed E-state index contributed by atoms with van der Waals surface area (Å²) in [6.45, 7) is 8.84. The van der Waals surface area contributed by atoms with Crippen molar-refractivity contribution in [2.75, 3.05) is 32.2 Å². The molecule has 5 aromatic rings. The summed E-state index contributed by atoms with van der Waals surface area (Å²) < 4.78 is 9.59. The van der Waals surface area contributed by atoms with E-state index in [1.165, 1.54) is 31.0 Å². The second-order valence-electron chi connectivity index (χ2n) is 18.1. The molecular weight excluding hydrogens is 823 g/mol. The summed E-state index contributed by atoms with van der Waals surface area (Å²) >= 11 is 0. The molecule has 3 saturated heterocycles. The zero-order valence-corrected chi connectivity index (χ0v) is 38.1. The summed E-state index contributed by atoms with van der Waals surface area (Å²) in [5.74, 6) is 0.995. The van der Waals surface area contributed by atoms with Crippen LogP contribution in [0.15, 0.2) is 91.3 Å². The van der Waals surface area contributed by atoms with Crippen molar-refractivity contribution in [2.24, 2.45) is 11.8 Å². The van der Waals surface area contributed by atoms with E-state index in [9.17, 15) is 19.2 Å². The summed E-state index contributed by atoms with van der Waals surface area (Å²) in [5, 5.41) is 5.44. The van der Waals surface area contributed by atoms with E-state index < -0.39 is 24.3 Å². The van der Waals surface area contributed by atoms with Gasteiger partial charge in [-0.15, -0.1) is 0 Å². The molecule has 2 aromatic heterocycles. The van der Waals surface area contributed by atoms with Gasteiger partial charge in [0.25, 0.3) is 0 Å². The molecule has 0 aliphatic carbocycles. The topological polar surface area (TPSA) is 178 Å². The molecule has 4 N–H and O–H groups in total. The van der Waals surface area contributed by atoms with Gasteiger partial charge in [0.1, 0.15) is 23.7 Å². The number of aromatic nitrogens is 4. The molecule has 15 nitrogen and oxygen atoms in total. The van der Waals surface area contributed by atoms with Crippen molar-refractivity contribution in [2.45, 2.75) is 102 Å². The van der Waals surface area contributed by atoms with Gasteiger partial charge in [0.2, 0.25) is 11.8 Å². The van der Waals surface area contributed by atoms with Crippen LogP contribution in [0.5, 0.6) is 0 Å². The second kappa shape index (κ2) is 19.6. The summed E-state index contributed by atoms with van der Waals surface area (Å²) in [4.78, 5) is 74.2. The maximum absolute atomic E-state index is 13.7. The average molecular weight is 884 g/mol. The highest BCUT2D eigenvalue weighted by Gasteiger charge is 2.40. The third-order valence-corrected chi connectivity index (χ3v) is 13.3. The minimum atomic E-state index is -0.691. The van der Waals surface area contributed by atoms with E-state index >= 15 is 0 Å². The van der Waals surface area contributed by atoms with E-state index in [0.29, 0.717) is 13.1 Å². The number of hydrogen-bond donors (Lipinski definition) is 4. The van der Waals surface area contributed by atoms with E-state index in [2.05, 4.69) is 104 Å². The molecule has 0 bridgehead atoms. The molecule has 3 aliphatic rings. The van der Waals surface area contributed by atoms with E-state index in [1.54, 1.807) is 0 Å². The number of para-hydroxylation sites is 1. The number of carbonyl (C=O) groups is 4. The first kappa shape index (κ1) is 44.9. The van der Waals surface area contributed by atoms with Crippen LogP contribution in [0.1, 0.15) is 113 Å². The van der Waals surface area contributed by atoms with E-state index in [1.807, 2.05) is 49.9 Å². The Labute approximate surface area is 380 Å². The predicted octanol–water partition coefficient (Wildman–Crippen LogP) is 8.64. The molecular formula is C50H61N9O6. The number of hydrogen-bond acceptors (Lipinski definition) is 9. The highest BCUT2D eigenvalue weighted by atomic mass is 16.5. The van der Waals surface area contributed by atoms with Crippen molar-refractivity contribution in [1.29, 1.82) is 0 Å². The van der Waals surface area contributed by atoms with Crippen molar-refractivity contribution in [3.05, 3.63) is 114 Å². The van der Waals surface area contributed by atoms with Crippen LogP contribution in [0.2, 0.25) is 0 Å². The lowest BCUT2D eigenvalue weighted by molar-refractivity contribution is -0.136. The number of amides is 4. The smallest absolute Gasteiger partial charge is 0.407 e. The quantitative estimate of drug-likeness (QED) is 0.0901. The second-order valence-corrected chi connectivity index (χ2v) is 18.1. The minimum Gasteiger partial charge on any atom is -0.453 e. The molecule has 0 spiro atoms. The van der Waals surface area contributed by atoms with Gasteiger partial charge in [-0.3, -0.25) is 9.59 Å². The zero-order valence-electron chi connectivity index (χ0n) is 38.1. The highest BCUT2D eigenvalue weighted by Crippen LogP contribution is 2.47. The third-order valence-electron chi connectivity index (χ3n) is 13.3. The number of nitrogens with zero attached hydrogens (tertiary/aromatic N) is 5. The molecule has 3 unspecified atom stereocenters. The Balaban J connectivity index is 0.964. The molecule has 4 amide bonds. The van der Waals surface area contributed by atoms with Crippen LogP contribution in [-0.2, 0) is 19.1 Å². The number of nitrogens with one attached hydrogen (secondary N) is 4. The Hall–Kier alpha value is -6.64. The van der Waals surface area contributed by atoms with Gasteiger partial charge in [0, 0.05) is 18.8 Å². The van der Waals surface area contributed by atoms with Gasteiger partial charge < -0.3 is 44.8 Å². The summed E-state index contributed by atoms with van der Waals surface area (Å²) in [6.07, 6.45) is 7.68. The fourth-order valence-electron chi connectivity index (χ4n) is 9.89. The molecule has 3 aliphatic heterocycles. The van der Waals surface area contributed by atoms with E-state index in [4.69, 9.17) is 19.4 Å². The van der Waals surface area contributed by atoms with Gasteiger partial charge in [-0.2, -0.15) is 0 Å². The van der Waals surface area contributed by atoms with Crippen molar-refractivity contribution in [3.63, 3.8) is 0 Å². The number of ether oxygens (including phenoxy) is 2.